The first kappa shape index (κ1) is 13.4. The number of halogens is 1. The number of benzene rings is 1. The Morgan fingerprint density at radius 2 is 2.17 bits per heavy atom. The van der Waals surface area contributed by atoms with Crippen molar-refractivity contribution >= 4 is 17.4 Å². The van der Waals surface area contributed by atoms with Gasteiger partial charge in [-0.05, 0) is 30.5 Å². The summed E-state index contributed by atoms with van der Waals surface area (Å²) >= 11 is 5.91. The molecule has 1 aromatic rings. The molecule has 2 atom stereocenters. The highest BCUT2D eigenvalue weighted by molar-refractivity contribution is 6.30. The average Bonchev–Trinajstić information content (AvgIpc) is 2.39. The van der Waals surface area contributed by atoms with E-state index in [9.17, 15) is 0 Å². The number of aliphatic imine (C=N–C) groups is 1. The summed E-state index contributed by atoms with van der Waals surface area (Å²) in [5.74, 6) is 1.51. The van der Waals surface area contributed by atoms with Gasteiger partial charge >= 0.3 is 0 Å². The Labute approximate surface area is 113 Å². The van der Waals surface area contributed by atoms with Crippen molar-refractivity contribution in [2.45, 2.75) is 20.0 Å². The van der Waals surface area contributed by atoms with Gasteiger partial charge in [0.2, 0.25) is 0 Å². The summed E-state index contributed by atoms with van der Waals surface area (Å²) in [4.78, 5) is 4.58. The number of ether oxygens (including phenoxy) is 1. The first-order chi connectivity index (χ1) is 8.70. The van der Waals surface area contributed by atoms with Crippen LogP contribution in [0, 0.1) is 5.92 Å². The molecule has 0 aromatic heterocycles. The third-order valence-corrected chi connectivity index (χ3v) is 3.21. The van der Waals surface area contributed by atoms with Gasteiger partial charge in [0.25, 0.3) is 0 Å². The Bertz CT molecular complexity index is 416. The van der Waals surface area contributed by atoms with Gasteiger partial charge in [-0.3, -0.25) is 4.99 Å². The van der Waals surface area contributed by atoms with E-state index < -0.39 is 0 Å². The van der Waals surface area contributed by atoms with E-state index in [0.29, 0.717) is 12.5 Å². The quantitative estimate of drug-likeness (QED) is 0.909. The molecule has 0 amide bonds. The van der Waals surface area contributed by atoms with Crippen molar-refractivity contribution < 1.29 is 4.74 Å². The van der Waals surface area contributed by atoms with Gasteiger partial charge in [-0.25, -0.2) is 0 Å². The van der Waals surface area contributed by atoms with Crippen molar-refractivity contribution in [2.75, 3.05) is 19.7 Å². The van der Waals surface area contributed by atoms with Gasteiger partial charge < -0.3 is 10.1 Å². The van der Waals surface area contributed by atoms with Gasteiger partial charge in [-0.15, -0.1) is 0 Å². The van der Waals surface area contributed by atoms with Crippen LogP contribution in [0.3, 0.4) is 0 Å². The fourth-order valence-corrected chi connectivity index (χ4v) is 2.09. The minimum atomic E-state index is -0.111. The monoisotopic (exact) mass is 266 g/mol. The summed E-state index contributed by atoms with van der Waals surface area (Å²) in [6, 6.07) is 7.75. The van der Waals surface area contributed by atoms with Crippen molar-refractivity contribution in [3.63, 3.8) is 0 Å². The third-order valence-electron chi connectivity index (χ3n) is 2.96. The maximum absolute atomic E-state index is 5.91. The molecule has 1 aliphatic heterocycles. The molecule has 0 bridgehead atoms. The molecule has 98 valence electrons. The van der Waals surface area contributed by atoms with E-state index in [4.69, 9.17) is 16.3 Å². The predicted octanol–water partition coefficient (Wildman–Crippen LogP) is 3.06. The molecule has 1 aliphatic rings. The molecular formula is C14H19ClN2O. The molecular weight excluding hydrogens is 248 g/mol. The van der Waals surface area contributed by atoms with E-state index in [2.05, 4.69) is 17.2 Å². The van der Waals surface area contributed by atoms with Crippen LogP contribution in [0.5, 0.6) is 0 Å². The molecule has 0 aliphatic carbocycles. The smallest absolute Gasteiger partial charge is 0.139 e. The van der Waals surface area contributed by atoms with Crippen LogP contribution < -0.4 is 5.32 Å². The number of hydrogen-bond acceptors (Lipinski definition) is 3. The first-order valence-electron chi connectivity index (χ1n) is 6.36. The second-order valence-electron chi connectivity index (χ2n) is 4.60. The Balaban J connectivity index is 2.20. The van der Waals surface area contributed by atoms with Crippen LogP contribution in [-0.4, -0.2) is 25.5 Å². The first-order valence-corrected chi connectivity index (χ1v) is 6.73. The molecule has 1 aromatic carbocycles. The number of nitrogens with zero attached hydrogens (tertiary/aromatic N) is 1. The SMILES string of the molecule is CCO[C@H](C1=NC[C@H](C)CN1)c1ccc(Cl)cc1. The summed E-state index contributed by atoms with van der Waals surface area (Å²) in [5, 5.41) is 4.10. The summed E-state index contributed by atoms with van der Waals surface area (Å²) < 4.78 is 5.81. The normalized spacial score (nSPS) is 21.1. The fraction of sp³-hybridized carbons (Fsp3) is 0.500. The van der Waals surface area contributed by atoms with E-state index in [1.165, 1.54) is 0 Å². The molecule has 1 heterocycles. The highest BCUT2D eigenvalue weighted by atomic mass is 35.5. The van der Waals surface area contributed by atoms with Gasteiger partial charge in [0.15, 0.2) is 0 Å². The average molecular weight is 267 g/mol. The van der Waals surface area contributed by atoms with E-state index in [-0.39, 0.29) is 6.10 Å². The van der Waals surface area contributed by atoms with Crippen molar-refractivity contribution in [3.05, 3.63) is 34.9 Å². The topological polar surface area (TPSA) is 33.6 Å². The zero-order valence-corrected chi connectivity index (χ0v) is 11.6. The van der Waals surface area contributed by atoms with Crippen LogP contribution in [0.1, 0.15) is 25.5 Å². The lowest BCUT2D eigenvalue weighted by Crippen LogP contribution is -2.39. The van der Waals surface area contributed by atoms with Gasteiger partial charge in [0.1, 0.15) is 11.9 Å². The minimum Gasteiger partial charge on any atom is -0.371 e. The largest absolute Gasteiger partial charge is 0.371 e. The van der Waals surface area contributed by atoms with E-state index >= 15 is 0 Å². The highest BCUT2D eigenvalue weighted by Gasteiger charge is 2.21. The Hall–Kier alpha value is -1.06. The van der Waals surface area contributed by atoms with Crippen LogP contribution >= 0.6 is 11.6 Å². The molecule has 0 radical (unpaired) electrons. The fourth-order valence-electron chi connectivity index (χ4n) is 1.97. The van der Waals surface area contributed by atoms with Gasteiger partial charge in [-0.1, -0.05) is 30.7 Å². The third kappa shape index (κ3) is 3.24. The molecule has 4 heteroatoms. The van der Waals surface area contributed by atoms with Crippen LogP contribution in [-0.2, 0) is 4.74 Å². The molecule has 0 saturated carbocycles. The lowest BCUT2D eigenvalue weighted by molar-refractivity contribution is 0.106. The Morgan fingerprint density at radius 3 is 2.72 bits per heavy atom. The summed E-state index contributed by atoms with van der Waals surface area (Å²) in [6.45, 7) is 6.65. The zero-order chi connectivity index (χ0) is 13.0. The number of rotatable bonds is 4. The number of hydrogen-bond donors (Lipinski definition) is 1. The lowest BCUT2D eigenvalue weighted by Gasteiger charge is -2.26. The van der Waals surface area contributed by atoms with E-state index in [0.717, 1.165) is 29.5 Å². The Morgan fingerprint density at radius 1 is 1.44 bits per heavy atom. The van der Waals surface area contributed by atoms with Crippen molar-refractivity contribution in [1.82, 2.24) is 5.32 Å². The maximum atomic E-state index is 5.91. The molecule has 18 heavy (non-hydrogen) atoms. The number of nitrogens with one attached hydrogen (secondary N) is 1. The van der Waals surface area contributed by atoms with Gasteiger partial charge in [0.05, 0.1) is 0 Å². The standard InChI is InChI=1S/C14H19ClN2O/c1-3-18-13(11-4-6-12(15)7-5-11)14-16-8-10(2)9-17-14/h4-7,10,13H,3,8-9H2,1-2H3,(H,16,17)/t13-/m0/s1. The summed E-state index contributed by atoms with van der Waals surface area (Å²) in [6.07, 6.45) is -0.111. The van der Waals surface area contributed by atoms with Crippen molar-refractivity contribution in [3.8, 4) is 0 Å². The zero-order valence-electron chi connectivity index (χ0n) is 10.8. The molecule has 1 N–H and O–H groups in total. The molecule has 3 nitrogen and oxygen atoms in total. The molecule has 0 unspecified atom stereocenters. The van der Waals surface area contributed by atoms with E-state index in [1.54, 1.807) is 0 Å². The van der Waals surface area contributed by atoms with Crippen LogP contribution in [0.25, 0.3) is 0 Å². The Kier molecular flexibility index (Phi) is 4.61. The summed E-state index contributed by atoms with van der Waals surface area (Å²) in [7, 11) is 0. The van der Waals surface area contributed by atoms with Gasteiger partial charge in [0, 0.05) is 24.7 Å². The summed E-state index contributed by atoms with van der Waals surface area (Å²) in [5.41, 5.74) is 1.09. The van der Waals surface area contributed by atoms with Crippen molar-refractivity contribution in [1.29, 1.82) is 0 Å². The molecule has 0 saturated heterocycles. The molecule has 0 spiro atoms. The van der Waals surface area contributed by atoms with Crippen LogP contribution in [0.15, 0.2) is 29.3 Å². The second-order valence-corrected chi connectivity index (χ2v) is 5.04. The predicted molar refractivity (Wildman–Crippen MR) is 75.3 cm³/mol. The number of amidine groups is 1. The van der Waals surface area contributed by atoms with E-state index in [1.807, 2.05) is 31.2 Å². The highest BCUT2D eigenvalue weighted by Crippen LogP contribution is 2.22. The lowest BCUT2D eigenvalue weighted by atomic mass is 10.1. The van der Waals surface area contributed by atoms with Gasteiger partial charge in [-0.2, -0.15) is 0 Å². The second kappa shape index (κ2) is 6.21. The van der Waals surface area contributed by atoms with Crippen molar-refractivity contribution in [2.24, 2.45) is 10.9 Å². The molecule has 2 rings (SSSR count). The van der Waals surface area contributed by atoms with Crippen LogP contribution in [0.4, 0.5) is 0 Å². The van der Waals surface area contributed by atoms with Crippen LogP contribution in [0.2, 0.25) is 5.02 Å². The molecule has 0 fully saturated rings. The minimum absolute atomic E-state index is 0.111. The maximum Gasteiger partial charge on any atom is 0.139 e.